The molecule has 6 aromatic rings. The van der Waals surface area contributed by atoms with Gasteiger partial charge >= 0.3 is 53.4 Å². The molecule has 0 N–H and O–H groups in total. The Balaban J connectivity index is 0.000000155. The fourth-order valence-electron chi connectivity index (χ4n) is 5.11. The van der Waals surface area contributed by atoms with E-state index in [1.54, 1.807) is 0 Å². The number of hydrogen-bond donors (Lipinski definition) is 0. The molecule has 0 aromatic heterocycles. The van der Waals surface area contributed by atoms with Crippen LogP contribution in [0.15, 0.2) is 109 Å². The van der Waals surface area contributed by atoms with Gasteiger partial charge in [0.05, 0.1) is 0 Å². The average Bonchev–Trinajstić information content (AvgIpc) is 3.47. The van der Waals surface area contributed by atoms with Gasteiger partial charge in [-0.1, -0.05) is 124 Å². The molecule has 0 amide bonds. The predicted octanol–water partition coefficient (Wildman–Crippen LogP) is 11.8. The van der Waals surface area contributed by atoms with E-state index in [-0.39, 0.29) is 5.49 Å². The van der Waals surface area contributed by atoms with Gasteiger partial charge < -0.3 is 0 Å². The summed E-state index contributed by atoms with van der Waals surface area (Å²) in [6.45, 7) is 13.0. The molecule has 0 heterocycles. The van der Waals surface area contributed by atoms with Crippen molar-refractivity contribution in [1.82, 2.24) is 0 Å². The molecule has 0 bridgehead atoms. The molecule has 0 unspecified atom stereocenters. The van der Waals surface area contributed by atoms with Crippen molar-refractivity contribution in [1.29, 1.82) is 0 Å². The molecule has 0 fully saturated rings. The first-order valence-electron chi connectivity index (χ1n) is 13.6. The fraction of sp³-hybridized carbons (Fsp3) is 0.167. The molecule has 0 aliphatic heterocycles. The predicted molar refractivity (Wildman–Crippen MR) is 178 cm³/mol. The van der Waals surface area contributed by atoms with Gasteiger partial charge in [0.1, 0.15) is 0 Å². The van der Waals surface area contributed by atoms with Crippen molar-refractivity contribution in [3.05, 3.63) is 131 Å². The Bertz CT molecular complexity index is 1640. The van der Waals surface area contributed by atoms with Gasteiger partial charge in [0, 0.05) is 0 Å². The summed E-state index contributed by atoms with van der Waals surface area (Å²) >= 11 is -1.78. The minimum absolute atomic E-state index is 0.208. The molecular formula is C36H36Cl2HfSi-2. The SMILES string of the molecule is C[Si](C)=[Hf]([Cl])[Cl].Cc1cc(-c2cccc3ccccc23)c(C)[cH-]1.Cc1cc(-c2cccc3ccccc23)c(C)[cH-]1. The summed E-state index contributed by atoms with van der Waals surface area (Å²) in [5.41, 5.74) is 10.6. The van der Waals surface area contributed by atoms with Crippen LogP contribution in [0.5, 0.6) is 0 Å². The van der Waals surface area contributed by atoms with Crippen molar-refractivity contribution in [2.45, 2.75) is 40.8 Å². The first-order chi connectivity index (χ1) is 19.2. The van der Waals surface area contributed by atoms with Crippen molar-refractivity contribution in [2.75, 3.05) is 0 Å². The Morgan fingerprint density at radius 3 is 1.20 bits per heavy atom. The van der Waals surface area contributed by atoms with Gasteiger partial charge in [0.15, 0.2) is 0 Å². The van der Waals surface area contributed by atoms with Crippen molar-refractivity contribution in [2.24, 2.45) is 0 Å². The maximum Gasteiger partial charge on any atom is -0.0189 e. The Labute approximate surface area is 254 Å². The van der Waals surface area contributed by atoms with Crippen LogP contribution < -0.4 is 0 Å². The van der Waals surface area contributed by atoms with Gasteiger partial charge in [-0.15, -0.1) is 0 Å². The molecule has 0 nitrogen and oxygen atoms in total. The molecule has 0 aliphatic carbocycles. The van der Waals surface area contributed by atoms with E-state index in [1.165, 1.54) is 66.1 Å². The van der Waals surface area contributed by atoms with E-state index < -0.39 is 17.7 Å². The molecule has 204 valence electrons. The van der Waals surface area contributed by atoms with Crippen LogP contribution >= 0.6 is 17.2 Å². The van der Waals surface area contributed by atoms with Crippen LogP contribution in [0.25, 0.3) is 43.8 Å². The van der Waals surface area contributed by atoms with Crippen LogP contribution in [0.4, 0.5) is 0 Å². The summed E-state index contributed by atoms with van der Waals surface area (Å²) in [5, 5.41) is 5.29. The molecular weight excluding hydrogens is 710 g/mol. The number of hydrogen-bond acceptors (Lipinski definition) is 0. The van der Waals surface area contributed by atoms with Gasteiger partial charge in [0.2, 0.25) is 0 Å². The zero-order chi connectivity index (χ0) is 28.8. The van der Waals surface area contributed by atoms with Gasteiger partial charge in [0.25, 0.3) is 0 Å². The summed E-state index contributed by atoms with van der Waals surface area (Å²) in [7, 11) is 11.3. The smallest absolute Gasteiger partial charge is 0.0189 e. The van der Waals surface area contributed by atoms with E-state index in [1.807, 2.05) is 0 Å². The van der Waals surface area contributed by atoms with E-state index in [9.17, 15) is 0 Å². The Morgan fingerprint density at radius 1 is 0.525 bits per heavy atom. The Hall–Kier alpha value is -2.23. The molecule has 0 radical (unpaired) electrons. The number of benzene rings is 4. The van der Waals surface area contributed by atoms with E-state index in [4.69, 9.17) is 17.2 Å². The van der Waals surface area contributed by atoms with Crippen LogP contribution in [-0.2, 0) is 17.7 Å². The third-order valence-electron chi connectivity index (χ3n) is 7.02. The van der Waals surface area contributed by atoms with Crippen LogP contribution in [0.3, 0.4) is 0 Å². The molecule has 40 heavy (non-hydrogen) atoms. The van der Waals surface area contributed by atoms with Crippen molar-refractivity contribution < 1.29 is 17.7 Å². The zero-order valence-electron chi connectivity index (χ0n) is 24.1. The maximum atomic E-state index is 5.64. The number of fused-ring (bicyclic) bond motifs is 2. The number of aryl methyl sites for hydroxylation is 4. The topological polar surface area (TPSA) is 0 Å². The van der Waals surface area contributed by atoms with Gasteiger partial charge in [-0.2, -0.15) is 45.5 Å². The van der Waals surface area contributed by atoms with E-state index >= 15 is 0 Å². The molecule has 0 saturated heterocycles. The molecule has 0 saturated carbocycles. The quantitative estimate of drug-likeness (QED) is 0.122. The summed E-state index contributed by atoms with van der Waals surface area (Å²) in [5.74, 6) is 0. The minimum atomic E-state index is -1.78. The molecule has 6 aromatic carbocycles. The van der Waals surface area contributed by atoms with Gasteiger partial charge in [-0.3, -0.25) is 0 Å². The van der Waals surface area contributed by atoms with Gasteiger partial charge in [-0.05, 0) is 21.5 Å². The Morgan fingerprint density at radius 2 is 0.875 bits per heavy atom. The zero-order valence-corrected chi connectivity index (χ0v) is 30.3. The van der Waals surface area contributed by atoms with Crippen molar-refractivity contribution in [3.63, 3.8) is 0 Å². The first kappa shape index (κ1) is 30.7. The number of rotatable bonds is 2. The molecule has 0 aliphatic rings. The van der Waals surface area contributed by atoms with Crippen LogP contribution in [0.2, 0.25) is 13.1 Å². The second-order valence-electron chi connectivity index (χ2n) is 10.6. The molecule has 0 atom stereocenters. The van der Waals surface area contributed by atoms with E-state index in [0.717, 1.165) is 0 Å². The third-order valence-corrected chi connectivity index (χ3v) is 34.5. The largest absolute Gasteiger partial charge is 0.203 e. The van der Waals surface area contributed by atoms with Crippen molar-refractivity contribution in [3.8, 4) is 22.3 Å². The summed E-state index contributed by atoms with van der Waals surface area (Å²) in [6, 6.07) is 39.2. The number of halogens is 2. The van der Waals surface area contributed by atoms with Crippen LogP contribution in [0.1, 0.15) is 22.3 Å². The van der Waals surface area contributed by atoms with Crippen LogP contribution in [0, 0.1) is 27.7 Å². The van der Waals surface area contributed by atoms with E-state index in [2.05, 4.69) is 150 Å². The molecule has 0 spiro atoms. The van der Waals surface area contributed by atoms with Crippen molar-refractivity contribution >= 4 is 44.2 Å². The molecule has 4 heteroatoms. The monoisotopic (exact) mass is 746 g/mol. The summed E-state index contributed by atoms with van der Waals surface area (Å²) in [4.78, 5) is 0. The first-order valence-corrected chi connectivity index (χ1v) is 30.4. The van der Waals surface area contributed by atoms with E-state index in [0.29, 0.717) is 0 Å². The van der Waals surface area contributed by atoms with Gasteiger partial charge in [-0.25, -0.2) is 12.1 Å². The summed E-state index contributed by atoms with van der Waals surface area (Å²) in [6.07, 6.45) is 0. The Kier molecular flexibility index (Phi) is 10.8. The fourth-order valence-corrected chi connectivity index (χ4v) is 5.11. The summed E-state index contributed by atoms with van der Waals surface area (Å²) < 4.78 is 0. The second-order valence-corrected chi connectivity index (χ2v) is 42.3. The third kappa shape index (κ3) is 7.53. The average molecular weight is 746 g/mol. The normalized spacial score (nSPS) is 10.5. The maximum absolute atomic E-state index is 5.64. The minimum Gasteiger partial charge on any atom is -0.203 e. The standard InChI is InChI=1S/2C17H15.C2H6Si.2ClH.Hf/c2*1-12-10-13(2)17(11-12)16-9-5-7-14-6-3-4-8-15(14)16;1-3-2;;;/h2*3-11H,1-2H3;1-2H3;2*1H;/q2*-1;;;;+2/p-2. The molecule has 6 rings (SSSR count). The second kappa shape index (κ2) is 14.1. The van der Waals surface area contributed by atoms with Crippen LogP contribution in [-0.4, -0.2) is 5.49 Å².